The predicted octanol–water partition coefficient (Wildman–Crippen LogP) is 3.67. The number of rotatable bonds is 6. The lowest BCUT2D eigenvalue weighted by Gasteiger charge is -2.36. The van der Waals surface area contributed by atoms with Gasteiger partial charge in [-0.05, 0) is 24.3 Å². The molecule has 0 saturated carbocycles. The van der Waals surface area contributed by atoms with Gasteiger partial charge in [0, 0.05) is 74.4 Å². The van der Waals surface area contributed by atoms with Crippen LogP contribution in [0, 0.1) is 15.9 Å². The van der Waals surface area contributed by atoms with Crippen LogP contribution in [0.3, 0.4) is 0 Å². The number of imidazole rings is 1. The number of nitro groups is 1. The molecular weight excluding hydrogens is 437 g/mol. The van der Waals surface area contributed by atoms with Crippen molar-refractivity contribution in [1.29, 1.82) is 0 Å². The molecule has 8 nitrogen and oxygen atoms in total. The van der Waals surface area contributed by atoms with Gasteiger partial charge in [-0.15, -0.1) is 0 Å². The molecule has 0 unspecified atom stereocenters. The SMILES string of the molecule is Cn1ccnc1C(=O)c1ccc(N2CCN(Cc3c(F)cccc3Cl)CC2)c([N+](=O)[O-])c1. The first-order valence-corrected chi connectivity index (χ1v) is 10.4. The first-order chi connectivity index (χ1) is 15.3. The molecular formula is C22H21ClFN5O3. The number of nitro benzene ring substituents is 1. The third-order valence-corrected chi connectivity index (χ3v) is 5.97. The smallest absolute Gasteiger partial charge is 0.293 e. The second-order valence-corrected chi connectivity index (χ2v) is 8.02. The third kappa shape index (κ3) is 4.35. The molecule has 2 aromatic carbocycles. The Kier molecular flexibility index (Phi) is 6.20. The number of aromatic nitrogens is 2. The van der Waals surface area contributed by atoms with Crippen LogP contribution in [0.5, 0.6) is 0 Å². The van der Waals surface area contributed by atoms with Crippen molar-refractivity contribution in [1.82, 2.24) is 14.5 Å². The van der Waals surface area contributed by atoms with Gasteiger partial charge >= 0.3 is 0 Å². The van der Waals surface area contributed by atoms with Gasteiger partial charge in [-0.2, -0.15) is 0 Å². The topological polar surface area (TPSA) is 84.5 Å². The first-order valence-electron chi connectivity index (χ1n) is 10.1. The number of hydrogen-bond donors (Lipinski definition) is 0. The highest BCUT2D eigenvalue weighted by Gasteiger charge is 2.26. The molecule has 0 atom stereocenters. The maximum Gasteiger partial charge on any atom is 0.293 e. The highest BCUT2D eigenvalue weighted by molar-refractivity contribution is 6.31. The van der Waals surface area contributed by atoms with Crippen molar-refractivity contribution in [3.05, 3.63) is 86.7 Å². The number of piperazine rings is 1. The van der Waals surface area contributed by atoms with Crippen LogP contribution in [0.1, 0.15) is 21.7 Å². The normalized spacial score (nSPS) is 14.5. The summed E-state index contributed by atoms with van der Waals surface area (Å²) in [4.78, 5) is 32.0. The average Bonchev–Trinajstić information content (AvgIpc) is 3.21. The van der Waals surface area contributed by atoms with Gasteiger partial charge in [0.1, 0.15) is 11.5 Å². The van der Waals surface area contributed by atoms with Gasteiger partial charge in [0.2, 0.25) is 5.78 Å². The van der Waals surface area contributed by atoms with Crippen LogP contribution in [0.4, 0.5) is 15.8 Å². The predicted molar refractivity (Wildman–Crippen MR) is 119 cm³/mol. The van der Waals surface area contributed by atoms with Crippen molar-refractivity contribution in [2.24, 2.45) is 7.05 Å². The van der Waals surface area contributed by atoms with Crippen molar-refractivity contribution in [2.45, 2.75) is 6.54 Å². The van der Waals surface area contributed by atoms with E-state index in [1.54, 1.807) is 42.1 Å². The molecule has 1 aliphatic rings. The number of carbonyl (C=O) groups excluding carboxylic acids is 1. The fourth-order valence-corrected chi connectivity index (χ4v) is 4.07. The molecule has 2 heterocycles. The van der Waals surface area contributed by atoms with E-state index in [0.29, 0.717) is 49.0 Å². The maximum absolute atomic E-state index is 14.1. The quantitative estimate of drug-likeness (QED) is 0.319. The molecule has 166 valence electrons. The molecule has 0 radical (unpaired) electrons. The van der Waals surface area contributed by atoms with Gasteiger partial charge in [0.25, 0.3) is 5.69 Å². The minimum Gasteiger partial charge on any atom is -0.363 e. The van der Waals surface area contributed by atoms with Crippen LogP contribution in [0.2, 0.25) is 5.02 Å². The van der Waals surface area contributed by atoms with Gasteiger partial charge in [-0.25, -0.2) is 9.37 Å². The van der Waals surface area contributed by atoms with E-state index >= 15 is 0 Å². The molecule has 1 aromatic heterocycles. The molecule has 0 bridgehead atoms. The summed E-state index contributed by atoms with van der Waals surface area (Å²) >= 11 is 6.13. The second-order valence-electron chi connectivity index (χ2n) is 7.61. The Bertz CT molecular complexity index is 1150. The van der Waals surface area contributed by atoms with E-state index in [9.17, 15) is 19.3 Å². The summed E-state index contributed by atoms with van der Waals surface area (Å²) in [6, 6.07) is 9.11. The molecule has 1 aliphatic heterocycles. The van der Waals surface area contributed by atoms with Crippen LogP contribution in [-0.2, 0) is 13.6 Å². The number of halogens is 2. The molecule has 0 spiro atoms. The lowest BCUT2D eigenvalue weighted by Crippen LogP contribution is -2.46. The minimum atomic E-state index is -0.476. The Morgan fingerprint density at radius 3 is 2.59 bits per heavy atom. The minimum absolute atomic E-state index is 0.129. The van der Waals surface area contributed by atoms with E-state index < -0.39 is 4.92 Å². The number of aryl methyl sites for hydroxylation is 1. The second kappa shape index (κ2) is 9.05. The van der Waals surface area contributed by atoms with E-state index in [-0.39, 0.29) is 28.7 Å². The van der Waals surface area contributed by atoms with Crippen LogP contribution >= 0.6 is 11.6 Å². The molecule has 1 saturated heterocycles. The molecule has 32 heavy (non-hydrogen) atoms. The lowest BCUT2D eigenvalue weighted by atomic mass is 10.1. The molecule has 0 amide bonds. The largest absolute Gasteiger partial charge is 0.363 e. The lowest BCUT2D eigenvalue weighted by molar-refractivity contribution is -0.384. The van der Waals surface area contributed by atoms with Gasteiger partial charge < -0.3 is 9.47 Å². The summed E-state index contributed by atoms with van der Waals surface area (Å²) in [5.74, 6) is -0.505. The molecule has 0 N–H and O–H groups in total. The first kappa shape index (κ1) is 21.9. The van der Waals surface area contributed by atoms with Crippen LogP contribution < -0.4 is 4.90 Å². The zero-order valence-electron chi connectivity index (χ0n) is 17.4. The van der Waals surface area contributed by atoms with Crippen molar-refractivity contribution in [3.8, 4) is 0 Å². The monoisotopic (exact) mass is 457 g/mol. The standard InChI is InChI=1S/C22H21ClFN5O3/c1-26-8-7-25-22(26)21(30)15-5-6-19(20(13-15)29(31)32)28-11-9-27(10-12-28)14-16-17(23)3-2-4-18(16)24/h2-8,13H,9-12,14H2,1H3. The highest BCUT2D eigenvalue weighted by Crippen LogP contribution is 2.31. The van der Waals surface area contributed by atoms with Gasteiger partial charge in [0.05, 0.1) is 4.92 Å². The number of benzene rings is 2. The molecule has 3 aromatic rings. The highest BCUT2D eigenvalue weighted by atomic mass is 35.5. The number of nitrogens with zero attached hydrogens (tertiary/aromatic N) is 5. The summed E-state index contributed by atoms with van der Waals surface area (Å²) in [6.07, 6.45) is 3.15. The Hall–Kier alpha value is -3.30. The summed E-state index contributed by atoms with van der Waals surface area (Å²) in [5.41, 5.74) is 0.985. The maximum atomic E-state index is 14.1. The van der Waals surface area contributed by atoms with Crippen molar-refractivity contribution >= 4 is 28.8 Å². The fourth-order valence-electron chi connectivity index (χ4n) is 3.85. The van der Waals surface area contributed by atoms with Crippen LogP contribution in [0.15, 0.2) is 48.8 Å². The number of anilines is 1. The summed E-state index contributed by atoms with van der Waals surface area (Å²) in [7, 11) is 1.69. The Labute approximate surface area is 189 Å². The van der Waals surface area contributed by atoms with E-state index in [2.05, 4.69) is 9.88 Å². The number of ketones is 1. The van der Waals surface area contributed by atoms with E-state index in [4.69, 9.17) is 11.6 Å². The molecule has 10 heteroatoms. The summed E-state index contributed by atoms with van der Waals surface area (Å²) < 4.78 is 15.7. The number of carbonyl (C=O) groups is 1. The van der Waals surface area contributed by atoms with Crippen LogP contribution in [-0.4, -0.2) is 51.3 Å². The summed E-state index contributed by atoms with van der Waals surface area (Å²) in [5, 5.41) is 12.1. The van der Waals surface area contributed by atoms with E-state index in [0.717, 1.165) is 0 Å². The Balaban J connectivity index is 1.50. The third-order valence-electron chi connectivity index (χ3n) is 5.61. The van der Waals surface area contributed by atoms with Crippen LogP contribution in [0.25, 0.3) is 0 Å². The van der Waals surface area contributed by atoms with Crippen molar-refractivity contribution < 1.29 is 14.1 Å². The molecule has 4 rings (SSSR count). The van der Waals surface area contributed by atoms with E-state index in [1.165, 1.54) is 18.3 Å². The summed E-state index contributed by atoms with van der Waals surface area (Å²) in [6.45, 7) is 2.61. The van der Waals surface area contributed by atoms with E-state index in [1.807, 2.05) is 4.90 Å². The fraction of sp³-hybridized carbons (Fsp3) is 0.273. The number of hydrogen-bond acceptors (Lipinski definition) is 6. The average molecular weight is 458 g/mol. The zero-order chi connectivity index (χ0) is 22.8. The zero-order valence-corrected chi connectivity index (χ0v) is 18.1. The van der Waals surface area contributed by atoms with Gasteiger partial charge in [-0.1, -0.05) is 17.7 Å². The molecule has 1 fully saturated rings. The van der Waals surface area contributed by atoms with Gasteiger partial charge in [0.15, 0.2) is 5.82 Å². The van der Waals surface area contributed by atoms with Crippen molar-refractivity contribution in [2.75, 3.05) is 31.1 Å². The van der Waals surface area contributed by atoms with Gasteiger partial charge in [-0.3, -0.25) is 19.8 Å². The molecule has 0 aliphatic carbocycles. The van der Waals surface area contributed by atoms with Crippen molar-refractivity contribution in [3.63, 3.8) is 0 Å². The Morgan fingerprint density at radius 2 is 1.97 bits per heavy atom. The Morgan fingerprint density at radius 1 is 1.22 bits per heavy atom.